The molecule has 4 heteroatoms. The fraction of sp³-hybridized carbons (Fsp3) is 0.375. The third kappa shape index (κ3) is 3.09. The lowest BCUT2D eigenvalue weighted by molar-refractivity contribution is 0.0690. The van der Waals surface area contributed by atoms with Crippen molar-refractivity contribution in [2.45, 2.75) is 20.8 Å². The predicted octanol–water partition coefficient (Wildman–Crippen LogP) is 1.51. The molecule has 66 valence electrons. The number of aryl methyl sites for hydroxylation is 1. The van der Waals surface area contributed by atoms with Crippen molar-refractivity contribution in [1.29, 1.82) is 0 Å². The number of carbonyl (C=O) groups is 1. The summed E-state index contributed by atoms with van der Waals surface area (Å²) >= 11 is 0. The molecule has 0 spiro atoms. The van der Waals surface area contributed by atoms with Gasteiger partial charge in [-0.05, 0) is 13.0 Å². The number of carboxylic acids is 1. The van der Waals surface area contributed by atoms with Gasteiger partial charge in [0.1, 0.15) is 5.82 Å². The lowest BCUT2D eigenvalue weighted by atomic mass is 10.4. The van der Waals surface area contributed by atoms with E-state index < -0.39 is 5.97 Å². The number of rotatable bonds is 1. The Morgan fingerprint density at radius 1 is 1.50 bits per heavy atom. The Morgan fingerprint density at radius 3 is 2.42 bits per heavy atom. The highest BCUT2D eigenvalue weighted by molar-refractivity contribution is 5.85. The van der Waals surface area contributed by atoms with Gasteiger partial charge in [-0.25, -0.2) is 14.8 Å². The van der Waals surface area contributed by atoms with Crippen molar-refractivity contribution in [3.8, 4) is 0 Å². The van der Waals surface area contributed by atoms with Crippen LogP contribution < -0.4 is 0 Å². The van der Waals surface area contributed by atoms with Gasteiger partial charge in [-0.2, -0.15) is 0 Å². The van der Waals surface area contributed by atoms with Gasteiger partial charge < -0.3 is 5.11 Å². The van der Waals surface area contributed by atoms with Gasteiger partial charge in [0.2, 0.25) is 0 Å². The van der Waals surface area contributed by atoms with Crippen molar-refractivity contribution in [2.24, 2.45) is 0 Å². The summed E-state index contributed by atoms with van der Waals surface area (Å²) in [5.41, 5.74) is 0.0347. The molecule has 0 saturated carbocycles. The number of aromatic carboxylic acids is 1. The topological polar surface area (TPSA) is 63.1 Å². The first kappa shape index (κ1) is 10.6. The summed E-state index contributed by atoms with van der Waals surface area (Å²) in [7, 11) is 0. The second-order valence-corrected chi connectivity index (χ2v) is 1.79. The van der Waals surface area contributed by atoms with Crippen LogP contribution in [0.2, 0.25) is 0 Å². The summed E-state index contributed by atoms with van der Waals surface area (Å²) < 4.78 is 0. The Kier molecular flexibility index (Phi) is 4.60. The van der Waals surface area contributed by atoms with Gasteiger partial charge in [0.05, 0.1) is 0 Å². The van der Waals surface area contributed by atoms with Crippen LogP contribution in [0.1, 0.15) is 30.2 Å². The van der Waals surface area contributed by atoms with E-state index in [1.54, 1.807) is 6.92 Å². The molecule has 0 saturated heterocycles. The lowest BCUT2D eigenvalue weighted by Gasteiger charge is -1.92. The van der Waals surface area contributed by atoms with Crippen molar-refractivity contribution < 1.29 is 9.90 Å². The van der Waals surface area contributed by atoms with Crippen LogP contribution in [0, 0.1) is 6.92 Å². The van der Waals surface area contributed by atoms with Gasteiger partial charge >= 0.3 is 5.97 Å². The molecule has 0 amide bonds. The van der Waals surface area contributed by atoms with E-state index in [1.807, 2.05) is 13.8 Å². The van der Waals surface area contributed by atoms with Crippen LogP contribution in [-0.2, 0) is 0 Å². The van der Waals surface area contributed by atoms with Crippen molar-refractivity contribution >= 4 is 5.97 Å². The van der Waals surface area contributed by atoms with Crippen molar-refractivity contribution in [1.82, 2.24) is 9.97 Å². The molecule has 0 aliphatic carbocycles. The maximum Gasteiger partial charge on any atom is 0.354 e. The fourth-order valence-electron chi connectivity index (χ4n) is 0.575. The molecule has 0 radical (unpaired) electrons. The first-order valence-electron chi connectivity index (χ1n) is 3.73. The molecule has 1 aromatic heterocycles. The second kappa shape index (κ2) is 5.23. The first-order valence-corrected chi connectivity index (χ1v) is 3.73. The van der Waals surface area contributed by atoms with E-state index in [2.05, 4.69) is 9.97 Å². The van der Waals surface area contributed by atoms with Crippen LogP contribution in [0.5, 0.6) is 0 Å². The zero-order valence-electron chi connectivity index (χ0n) is 7.40. The molecule has 1 aromatic rings. The Labute approximate surface area is 71.3 Å². The number of aromatic nitrogens is 2. The minimum absolute atomic E-state index is 0.0347. The Morgan fingerprint density at radius 2 is 2.08 bits per heavy atom. The van der Waals surface area contributed by atoms with Crippen LogP contribution >= 0.6 is 0 Å². The zero-order valence-corrected chi connectivity index (χ0v) is 7.40. The standard InChI is InChI=1S/C6H6N2O2.C2H6/c1-4-7-3-2-5(8-4)6(9)10;1-2/h2-3H,1H3,(H,9,10);1-2H3. The highest BCUT2D eigenvalue weighted by atomic mass is 16.4. The van der Waals surface area contributed by atoms with Gasteiger partial charge in [0, 0.05) is 6.20 Å². The molecule has 12 heavy (non-hydrogen) atoms. The van der Waals surface area contributed by atoms with Crippen LogP contribution in [0.3, 0.4) is 0 Å². The van der Waals surface area contributed by atoms with Gasteiger partial charge in [-0.15, -0.1) is 0 Å². The van der Waals surface area contributed by atoms with Gasteiger partial charge in [0.15, 0.2) is 5.69 Å². The van der Waals surface area contributed by atoms with Crippen LogP contribution in [0.4, 0.5) is 0 Å². The van der Waals surface area contributed by atoms with E-state index in [-0.39, 0.29) is 5.69 Å². The lowest BCUT2D eigenvalue weighted by Crippen LogP contribution is -2.01. The summed E-state index contributed by atoms with van der Waals surface area (Å²) in [5, 5.41) is 8.42. The van der Waals surface area contributed by atoms with E-state index in [0.29, 0.717) is 5.82 Å². The van der Waals surface area contributed by atoms with E-state index >= 15 is 0 Å². The van der Waals surface area contributed by atoms with Gasteiger partial charge in [0.25, 0.3) is 0 Å². The minimum Gasteiger partial charge on any atom is -0.477 e. The monoisotopic (exact) mass is 168 g/mol. The van der Waals surface area contributed by atoms with Gasteiger partial charge in [-0.1, -0.05) is 13.8 Å². The smallest absolute Gasteiger partial charge is 0.354 e. The first-order chi connectivity index (χ1) is 5.70. The van der Waals surface area contributed by atoms with Crippen molar-refractivity contribution in [3.63, 3.8) is 0 Å². The summed E-state index contributed by atoms with van der Waals surface area (Å²) in [6.45, 7) is 5.65. The normalized spacial score (nSPS) is 8.25. The summed E-state index contributed by atoms with van der Waals surface area (Å²) in [5.74, 6) is -0.551. The van der Waals surface area contributed by atoms with Crippen molar-refractivity contribution in [3.05, 3.63) is 23.8 Å². The third-order valence-electron chi connectivity index (χ3n) is 0.995. The van der Waals surface area contributed by atoms with Crippen LogP contribution in [-0.4, -0.2) is 21.0 Å². The average Bonchev–Trinajstić information content (AvgIpc) is 2.08. The fourth-order valence-corrected chi connectivity index (χ4v) is 0.575. The highest BCUT2D eigenvalue weighted by Crippen LogP contribution is 1.92. The van der Waals surface area contributed by atoms with Crippen LogP contribution in [0.25, 0.3) is 0 Å². The third-order valence-corrected chi connectivity index (χ3v) is 0.995. The molecule has 4 nitrogen and oxygen atoms in total. The quantitative estimate of drug-likeness (QED) is 0.690. The number of carboxylic acid groups (broad SMARTS) is 1. The molecule has 0 aliphatic heterocycles. The van der Waals surface area contributed by atoms with Crippen LogP contribution in [0.15, 0.2) is 12.3 Å². The maximum absolute atomic E-state index is 10.3. The average molecular weight is 168 g/mol. The van der Waals surface area contributed by atoms with E-state index in [9.17, 15) is 4.79 Å². The minimum atomic E-state index is -1.02. The van der Waals surface area contributed by atoms with Gasteiger partial charge in [-0.3, -0.25) is 0 Å². The Balaban J connectivity index is 0.000000561. The molecular weight excluding hydrogens is 156 g/mol. The molecular formula is C8H12N2O2. The summed E-state index contributed by atoms with van der Waals surface area (Å²) in [4.78, 5) is 17.7. The zero-order chi connectivity index (χ0) is 9.56. The molecule has 0 bridgehead atoms. The van der Waals surface area contributed by atoms with E-state index in [1.165, 1.54) is 12.3 Å². The molecule has 1 rings (SSSR count). The molecule has 0 aliphatic rings. The number of nitrogens with zero attached hydrogens (tertiary/aromatic N) is 2. The molecule has 0 fully saturated rings. The number of hydrogen-bond acceptors (Lipinski definition) is 3. The molecule has 1 heterocycles. The van der Waals surface area contributed by atoms with E-state index in [0.717, 1.165) is 0 Å². The maximum atomic E-state index is 10.3. The van der Waals surface area contributed by atoms with E-state index in [4.69, 9.17) is 5.11 Å². The van der Waals surface area contributed by atoms with Crippen molar-refractivity contribution in [2.75, 3.05) is 0 Å². The second-order valence-electron chi connectivity index (χ2n) is 1.79. The largest absolute Gasteiger partial charge is 0.477 e. The molecule has 0 aromatic carbocycles. The Hall–Kier alpha value is -1.45. The number of hydrogen-bond donors (Lipinski definition) is 1. The SMILES string of the molecule is CC.Cc1nccc(C(=O)O)n1. The molecule has 0 unspecified atom stereocenters. The molecule has 0 atom stereocenters. The predicted molar refractivity (Wildman–Crippen MR) is 45.1 cm³/mol. The summed E-state index contributed by atoms with van der Waals surface area (Å²) in [6, 6.07) is 1.36. The Bertz CT molecular complexity index is 261. The highest BCUT2D eigenvalue weighted by Gasteiger charge is 2.02. The molecule has 1 N–H and O–H groups in total. The summed E-state index contributed by atoms with van der Waals surface area (Å²) in [6.07, 6.45) is 1.42.